The number of benzene rings is 1. The number of carbonyl (C=O) groups is 1. The van der Waals surface area contributed by atoms with Gasteiger partial charge in [-0.25, -0.2) is 18.1 Å². The van der Waals surface area contributed by atoms with Crippen LogP contribution >= 0.6 is 23.2 Å². The number of esters is 1. The van der Waals surface area contributed by atoms with Gasteiger partial charge in [0.05, 0.1) is 11.5 Å². The monoisotopic (exact) mass is 445 g/mol. The highest BCUT2D eigenvalue weighted by Crippen LogP contribution is 2.27. The number of halogens is 2. The van der Waals surface area contributed by atoms with Gasteiger partial charge in [-0.15, -0.1) is 0 Å². The van der Waals surface area contributed by atoms with Gasteiger partial charge in [-0.2, -0.15) is 0 Å². The summed E-state index contributed by atoms with van der Waals surface area (Å²) in [6, 6.07) is 5.26. The number of hydrogen-bond acceptors (Lipinski definition) is 6. The molecule has 3 rings (SSSR count). The molecule has 2 heterocycles. The Morgan fingerprint density at radius 3 is 2.89 bits per heavy atom. The third-order valence-corrected chi connectivity index (χ3v) is 6.52. The number of nitrogens with zero attached hydrogens (tertiary/aromatic N) is 1. The maximum absolute atomic E-state index is 12.8. The van der Waals surface area contributed by atoms with E-state index in [1.165, 1.54) is 12.1 Å². The fourth-order valence-corrected chi connectivity index (χ4v) is 4.81. The molecule has 1 saturated heterocycles. The van der Waals surface area contributed by atoms with Gasteiger partial charge < -0.3 is 10.1 Å². The first-order valence-corrected chi connectivity index (χ1v) is 11.2. The molecule has 1 unspecified atom stereocenters. The van der Waals surface area contributed by atoms with E-state index >= 15 is 0 Å². The van der Waals surface area contributed by atoms with Crippen molar-refractivity contribution < 1.29 is 17.9 Å². The van der Waals surface area contributed by atoms with E-state index in [2.05, 4.69) is 15.0 Å². The average Bonchev–Trinajstić information content (AvgIpc) is 3.09. The number of nitrogens with one attached hydrogen (secondary N) is 2. The fraction of sp³-hybridized carbons (Fsp3) is 0.444. The molecule has 0 radical (unpaired) electrons. The Labute approximate surface area is 173 Å². The second-order valence-corrected chi connectivity index (χ2v) is 9.11. The van der Waals surface area contributed by atoms with E-state index in [0.29, 0.717) is 30.3 Å². The van der Waals surface area contributed by atoms with Crippen molar-refractivity contribution in [2.75, 3.05) is 13.2 Å². The zero-order valence-corrected chi connectivity index (χ0v) is 17.6. The Bertz CT molecular complexity index is 984. The number of carbonyl (C=O) groups excluding carboxylic acids is 1. The minimum absolute atomic E-state index is 0.0694. The van der Waals surface area contributed by atoms with Gasteiger partial charge in [-0.3, -0.25) is 4.79 Å². The molecule has 7 nitrogen and oxygen atoms in total. The van der Waals surface area contributed by atoms with E-state index in [0.717, 1.165) is 12.8 Å². The summed E-state index contributed by atoms with van der Waals surface area (Å²) in [6.07, 6.45) is 2.07. The lowest BCUT2D eigenvalue weighted by Gasteiger charge is -2.13. The summed E-state index contributed by atoms with van der Waals surface area (Å²) in [5, 5.41) is 4.57. The molecule has 10 heteroatoms. The summed E-state index contributed by atoms with van der Waals surface area (Å²) < 4.78 is 33.3. The highest BCUT2D eigenvalue weighted by molar-refractivity contribution is 7.89. The Kier molecular flexibility index (Phi) is 6.77. The first-order chi connectivity index (χ1) is 13.3. The summed E-state index contributed by atoms with van der Waals surface area (Å²) in [7, 11) is -3.79. The molecule has 1 aliphatic heterocycles. The minimum atomic E-state index is -3.79. The van der Waals surface area contributed by atoms with E-state index in [1.54, 1.807) is 12.1 Å². The molecule has 1 aromatic heterocycles. The third-order valence-electron chi connectivity index (χ3n) is 4.52. The van der Waals surface area contributed by atoms with Gasteiger partial charge in [0.1, 0.15) is 16.3 Å². The van der Waals surface area contributed by atoms with Gasteiger partial charge in [0.25, 0.3) is 0 Å². The second-order valence-electron chi connectivity index (χ2n) is 6.65. The van der Waals surface area contributed by atoms with Crippen LogP contribution in [0.25, 0.3) is 10.8 Å². The van der Waals surface area contributed by atoms with Gasteiger partial charge in [0.15, 0.2) is 0 Å². The van der Waals surface area contributed by atoms with Crippen molar-refractivity contribution in [2.24, 2.45) is 0 Å². The number of unbranched alkanes of at least 4 members (excludes halogenated alkanes) is 1. The Morgan fingerprint density at radius 1 is 1.36 bits per heavy atom. The first-order valence-electron chi connectivity index (χ1n) is 8.98. The van der Waals surface area contributed by atoms with Crippen molar-refractivity contribution in [1.82, 2.24) is 15.0 Å². The van der Waals surface area contributed by atoms with E-state index < -0.39 is 22.1 Å². The van der Waals surface area contributed by atoms with Crippen LogP contribution in [0.1, 0.15) is 26.2 Å². The Balaban J connectivity index is 1.69. The van der Waals surface area contributed by atoms with Crippen molar-refractivity contribution >= 4 is 50.0 Å². The standard InChI is InChI=1S/C18H21Cl2N3O4S/c1-2-3-6-27-18(24)15-8-12(10-21-15)23-28(25,26)13-5-4-11-7-16(19)22-17(20)14(11)9-13/h4-5,7,9,12,15,21,23H,2-3,6,8,10H2,1H3/t12?,15-/m1/s1. The predicted octanol–water partition coefficient (Wildman–Crippen LogP) is 2.89. The fourth-order valence-electron chi connectivity index (χ4n) is 3.03. The molecule has 1 fully saturated rings. The van der Waals surface area contributed by atoms with E-state index in [1.807, 2.05) is 6.92 Å². The lowest BCUT2D eigenvalue weighted by molar-refractivity contribution is -0.145. The van der Waals surface area contributed by atoms with Crippen LogP contribution in [0.3, 0.4) is 0 Å². The lowest BCUT2D eigenvalue weighted by Crippen LogP contribution is -2.36. The quantitative estimate of drug-likeness (QED) is 0.386. The van der Waals surface area contributed by atoms with Crippen LogP contribution in [-0.2, 0) is 19.6 Å². The van der Waals surface area contributed by atoms with Crippen LogP contribution in [0.5, 0.6) is 0 Å². The molecule has 28 heavy (non-hydrogen) atoms. The molecule has 0 bridgehead atoms. The largest absolute Gasteiger partial charge is 0.465 e. The molecule has 1 aromatic carbocycles. The number of rotatable bonds is 7. The number of ether oxygens (including phenoxy) is 1. The summed E-state index contributed by atoms with van der Waals surface area (Å²) in [6.45, 7) is 2.73. The van der Waals surface area contributed by atoms with Crippen molar-refractivity contribution in [3.8, 4) is 0 Å². The highest BCUT2D eigenvalue weighted by atomic mass is 35.5. The van der Waals surface area contributed by atoms with Gasteiger partial charge in [0.2, 0.25) is 10.0 Å². The van der Waals surface area contributed by atoms with Crippen LogP contribution in [0.2, 0.25) is 10.3 Å². The molecule has 0 saturated carbocycles. The number of fused-ring (bicyclic) bond motifs is 1. The normalized spacial score (nSPS) is 19.8. The average molecular weight is 446 g/mol. The molecule has 0 aliphatic carbocycles. The van der Waals surface area contributed by atoms with E-state index in [-0.39, 0.29) is 21.2 Å². The maximum atomic E-state index is 12.8. The predicted molar refractivity (Wildman–Crippen MR) is 108 cm³/mol. The first kappa shape index (κ1) is 21.3. The van der Waals surface area contributed by atoms with Crippen molar-refractivity contribution in [2.45, 2.75) is 43.2 Å². The topological polar surface area (TPSA) is 97.4 Å². The molecule has 152 valence electrons. The van der Waals surface area contributed by atoms with Gasteiger partial charge in [-0.1, -0.05) is 42.6 Å². The molecule has 0 amide bonds. The van der Waals surface area contributed by atoms with E-state index in [9.17, 15) is 13.2 Å². The van der Waals surface area contributed by atoms with Gasteiger partial charge in [-0.05, 0) is 36.4 Å². The minimum Gasteiger partial charge on any atom is -0.465 e. The highest BCUT2D eigenvalue weighted by Gasteiger charge is 2.33. The van der Waals surface area contributed by atoms with Crippen molar-refractivity contribution in [1.29, 1.82) is 0 Å². The van der Waals surface area contributed by atoms with Gasteiger partial charge in [0, 0.05) is 18.0 Å². The Morgan fingerprint density at radius 2 is 2.14 bits per heavy atom. The number of pyridine rings is 1. The van der Waals surface area contributed by atoms with Crippen LogP contribution in [0, 0.1) is 0 Å². The Hall–Kier alpha value is -1.45. The van der Waals surface area contributed by atoms with Crippen LogP contribution in [0.15, 0.2) is 29.2 Å². The number of sulfonamides is 1. The zero-order valence-electron chi connectivity index (χ0n) is 15.2. The summed E-state index contributed by atoms with van der Waals surface area (Å²) in [5.74, 6) is -0.351. The van der Waals surface area contributed by atoms with Crippen LogP contribution in [0.4, 0.5) is 0 Å². The maximum Gasteiger partial charge on any atom is 0.323 e. The summed E-state index contributed by atoms with van der Waals surface area (Å²) >= 11 is 12.0. The SMILES string of the molecule is CCCCOC(=O)[C@H]1CC(NS(=O)(=O)c2ccc3cc(Cl)nc(Cl)c3c2)CN1. The molecular formula is C18H21Cl2N3O4S. The molecule has 2 aromatic rings. The van der Waals surface area contributed by atoms with Gasteiger partial charge >= 0.3 is 5.97 Å². The van der Waals surface area contributed by atoms with Crippen LogP contribution < -0.4 is 10.0 Å². The third kappa shape index (κ3) is 4.93. The smallest absolute Gasteiger partial charge is 0.323 e. The van der Waals surface area contributed by atoms with Crippen LogP contribution in [-0.4, -0.2) is 44.6 Å². The molecule has 2 N–H and O–H groups in total. The summed E-state index contributed by atoms with van der Waals surface area (Å²) in [4.78, 5) is 16.0. The molecule has 1 aliphatic rings. The second kappa shape index (κ2) is 8.92. The lowest BCUT2D eigenvalue weighted by atomic mass is 10.2. The number of aromatic nitrogens is 1. The number of hydrogen-bond donors (Lipinski definition) is 2. The zero-order chi connectivity index (χ0) is 20.3. The molecule has 2 atom stereocenters. The molecular weight excluding hydrogens is 425 g/mol. The molecule has 0 spiro atoms. The summed E-state index contributed by atoms with van der Waals surface area (Å²) in [5.41, 5.74) is 0. The van der Waals surface area contributed by atoms with Crippen molar-refractivity contribution in [3.63, 3.8) is 0 Å². The van der Waals surface area contributed by atoms with E-state index in [4.69, 9.17) is 27.9 Å². The van der Waals surface area contributed by atoms with Crippen molar-refractivity contribution in [3.05, 3.63) is 34.6 Å².